The number of nitrogens with one attached hydrogen (secondary N) is 2. The van der Waals surface area contributed by atoms with Gasteiger partial charge in [0.05, 0.1) is 7.11 Å². The number of pyridine rings is 1. The van der Waals surface area contributed by atoms with Crippen LogP contribution in [0.4, 0.5) is 4.79 Å². The van der Waals surface area contributed by atoms with Crippen molar-refractivity contribution in [2.75, 3.05) is 26.7 Å². The number of piperidine rings is 1. The van der Waals surface area contributed by atoms with Gasteiger partial charge in [0, 0.05) is 36.8 Å². The summed E-state index contributed by atoms with van der Waals surface area (Å²) in [7, 11) is 1.58. The molecule has 0 saturated carbocycles. The average molecular weight is 375 g/mol. The van der Waals surface area contributed by atoms with Gasteiger partial charge < -0.3 is 15.4 Å². The number of rotatable bonds is 7. The van der Waals surface area contributed by atoms with E-state index in [1.807, 2.05) is 23.5 Å². The number of carbonyl (C=O) groups is 1. The SMILES string of the molecule is COc1cc(CNC(=O)NCC2CCN(Cc3cccs3)CC2)ccn1. The topological polar surface area (TPSA) is 66.5 Å². The van der Waals surface area contributed by atoms with Crippen LogP contribution in [-0.4, -0.2) is 42.7 Å². The van der Waals surface area contributed by atoms with E-state index in [2.05, 4.69) is 38.0 Å². The Hall–Kier alpha value is -2.12. The fourth-order valence-electron chi connectivity index (χ4n) is 3.13. The van der Waals surface area contributed by atoms with E-state index in [1.165, 1.54) is 4.88 Å². The number of ether oxygens (including phenoxy) is 1. The molecule has 0 aliphatic carbocycles. The second-order valence-corrected chi connectivity index (χ2v) is 7.60. The number of likely N-dealkylation sites (tertiary alicyclic amines) is 1. The molecule has 2 amide bonds. The number of methoxy groups -OCH3 is 1. The number of hydrogen-bond donors (Lipinski definition) is 2. The van der Waals surface area contributed by atoms with Crippen LogP contribution in [0.25, 0.3) is 0 Å². The fourth-order valence-corrected chi connectivity index (χ4v) is 3.87. The first-order valence-electron chi connectivity index (χ1n) is 8.98. The van der Waals surface area contributed by atoms with Gasteiger partial charge in [-0.2, -0.15) is 0 Å². The molecular weight excluding hydrogens is 348 g/mol. The highest BCUT2D eigenvalue weighted by atomic mass is 32.1. The monoisotopic (exact) mass is 374 g/mol. The molecule has 2 aromatic heterocycles. The molecule has 6 nitrogen and oxygen atoms in total. The highest BCUT2D eigenvalue weighted by Crippen LogP contribution is 2.20. The van der Waals surface area contributed by atoms with Crippen molar-refractivity contribution >= 4 is 17.4 Å². The number of urea groups is 1. The van der Waals surface area contributed by atoms with E-state index in [4.69, 9.17) is 4.74 Å². The third-order valence-electron chi connectivity index (χ3n) is 4.68. The Balaban J connectivity index is 1.32. The maximum Gasteiger partial charge on any atom is 0.315 e. The van der Waals surface area contributed by atoms with Crippen molar-refractivity contribution in [3.63, 3.8) is 0 Å². The number of nitrogens with zero attached hydrogens (tertiary/aromatic N) is 2. The predicted octanol–water partition coefficient (Wildman–Crippen LogP) is 2.86. The molecule has 7 heteroatoms. The molecule has 26 heavy (non-hydrogen) atoms. The molecule has 1 aliphatic rings. The van der Waals surface area contributed by atoms with Crippen LogP contribution < -0.4 is 15.4 Å². The molecule has 3 heterocycles. The summed E-state index contributed by atoms with van der Waals surface area (Å²) in [6, 6.07) is 7.87. The minimum Gasteiger partial charge on any atom is -0.481 e. The zero-order valence-corrected chi connectivity index (χ0v) is 15.9. The van der Waals surface area contributed by atoms with Crippen LogP contribution in [0.15, 0.2) is 35.8 Å². The standard InChI is InChI=1S/C19H26N4O2S/c1-25-18-11-16(4-7-20-18)13-22-19(24)21-12-15-5-8-23(9-6-15)14-17-3-2-10-26-17/h2-4,7,10-11,15H,5-6,8-9,12-14H2,1H3,(H2,21,22,24). The largest absolute Gasteiger partial charge is 0.481 e. The van der Waals surface area contributed by atoms with E-state index in [0.717, 1.165) is 44.6 Å². The minimum absolute atomic E-state index is 0.123. The maximum absolute atomic E-state index is 12.0. The van der Waals surface area contributed by atoms with Crippen LogP contribution >= 0.6 is 11.3 Å². The molecule has 0 aromatic carbocycles. The average Bonchev–Trinajstić information content (AvgIpc) is 3.19. The first-order chi connectivity index (χ1) is 12.7. The zero-order chi connectivity index (χ0) is 18.2. The van der Waals surface area contributed by atoms with E-state index in [1.54, 1.807) is 13.3 Å². The third-order valence-corrected chi connectivity index (χ3v) is 5.54. The van der Waals surface area contributed by atoms with Crippen LogP contribution in [0.2, 0.25) is 0 Å². The molecule has 0 spiro atoms. The van der Waals surface area contributed by atoms with E-state index in [-0.39, 0.29) is 6.03 Å². The first-order valence-corrected chi connectivity index (χ1v) is 9.86. The summed E-state index contributed by atoms with van der Waals surface area (Å²) in [5, 5.41) is 8.02. The molecule has 1 fully saturated rings. The van der Waals surface area contributed by atoms with Gasteiger partial charge in [0.2, 0.25) is 5.88 Å². The molecule has 0 unspecified atom stereocenters. The lowest BCUT2D eigenvalue weighted by molar-refractivity contribution is 0.176. The molecule has 2 aromatic rings. The summed E-state index contributed by atoms with van der Waals surface area (Å²) in [6.07, 6.45) is 3.94. The number of carbonyl (C=O) groups excluding carboxylic acids is 1. The molecule has 0 bridgehead atoms. The summed E-state index contributed by atoms with van der Waals surface area (Å²) < 4.78 is 5.09. The number of amides is 2. The van der Waals surface area contributed by atoms with Gasteiger partial charge in [0.15, 0.2) is 0 Å². The van der Waals surface area contributed by atoms with Crippen molar-refractivity contribution in [3.8, 4) is 5.88 Å². The van der Waals surface area contributed by atoms with Gasteiger partial charge in [0.25, 0.3) is 0 Å². The van der Waals surface area contributed by atoms with E-state index < -0.39 is 0 Å². The Morgan fingerprint density at radius 1 is 1.35 bits per heavy atom. The Kier molecular flexibility index (Phi) is 6.85. The Labute approximate surface area is 158 Å². The minimum atomic E-state index is -0.123. The van der Waals surface area contributed by atoms with Gasteiger partial charge in [-0.15, -0.1) is 11.3 Å². The molecular formula is C19H26N4O2S. The van der Waals surface area contributed by atoms with Crippen LogP contribution in [0.5, 0.6) is 5.88 Å². The lowest BCUT2D eigenvalue weighted by atomic mass is 9.97. The van der Waals surface area contributed by atoms with Crippen LogP contribution in [0.3, 0.4) is 0 Å². The smallest absolute Gasteiger partial charge is 0.315 e. The second-order valence-electron chi connectivity index (χ2n) is 6.57. The lowest BCUT2D eigenvalue weighted by Gasteiger charge is -2.31. The zero-order valence-electron chi connectivity index (χ0n) is 15.1. The van der Waals surface area contributed by atoms with E-state index >= 15 is 0 Å². The highest BCUT2D eigenvalue weighted by Gasteiger charge is 2.19. The molecule has 1 aliphatic heterocycles. The van der Waals surface area contributed by atoms with Gasteiger partial charge in [-0.25, -0.2) is 9.78 Å². The fraction of sp³-hybridized carbons (Fsp3) is 0.474. The van der Waals surface area contributed by atoms with Crippen LogP contribution in [0.1, 0.15) is 23.3 Å². The quantitative estimate of drug-likeness (QED) is 0.782. The normalized spacial score (nSPS) is 15.6. The Bertz CT molecular complexity index is 685. The Morgan fingerprint density at radius 2 is 2.19 bits per heavy atom. The summed E-state index contributed by atoms with van der Waals surface area (Å²) in [4.78, 5) is 20.0. The van der Waals surface area contributed by atoms with E-state index in [9.17, 15) is 4.79 Å². The number of aromatic nitrogens is 1. The van der Waals surface area contributed by atoms with Gasteiger partial charge in [0.1, 0.15) is 0 Å². The van der Waals surface area contributed by atoms with Crippen LogP contribution in [0, 0.1) is 5.92 Å². The molecule has 140 valence electrons. The van der Waals surface area contributed by atoms with Gasteiger partial charge >= 0.3 is 6.03 Å². The summed E-state index contributed by atoms with van der Waals surface area (Å²) in [6.45, 7) is 4.45. The van der Waals surface area contributed by atoms with Crippen molar-refractivity contribution in [1.82, 2.24) is 20.5 Å². The van der Waals surface area contributed by atoms with Gasteiger partial charge in [-0.05, 0) is 54.9 Å². The van der Waals surface area contributed by atoms with Gasteiger partial charge in [-0.3, -0.25) is 4.90 Å². The van der Waals surface area contributed by atoms with Crippen molar-refractivity contribution < 1.29 is 9.53 Å². The Morgan fingerprint density at radius 3 is 2.92 bits per heavy atom. The maximum atomic E-state index is 12.0. The van der Waals surface area contributed by atoms with E-state index in [0.29, 0.717) is 18.3 Å². The number of hydrogen-bond acceptors (Lipinski definition) is 5. The second kappa shape index (κ2) is 9.54. The highest BCUT2D eigenvalue weighted by molar-refractivity contribution is 7.09. The molecule has 3 rings (SSSR count). The summed E-state index contributed by atoms with van der Waals surface area (Å²) in [5.74, 6) is 1.11. The third kappa shape index (κ3) is 5.71. The summed E-state index contributed by atoms with van der Waals surface area (Å²) >= 11 is 1.82. The first kappa shape index (κ1) is 18.7. The predicted molar refractivity (Wildman–Crippen MR) is 103 cm³/mol. The van der Waals surface area contributed by atoms with Crippen molar-refractivity contribution in [1.29, 1.82) is 0 Å². The summed E-state index contributed by atoms with van der Waals surface area (Å²) in [5.41, 5.74) is 0.967. The van der Waals surface area contributed by atoms with Crippen molar-refractivity contribution in [2.24, 2.45) is 5.92 Å². The molecule has 0 radical (unpaired) electrons. The molecule has 1 saturated heterocycles. The molecule has 2 N–H and O–H groups in total. The van der Waals surface area contributed by atoms with Gasteiger partial charge in [-0.1, -0.05) is 6.07 Å². The number of thiophene rings is 1. The van der Waals surface area contributed by atoms with Crippen molar-refractivity contribution in [3.05, 3.63) is 46.3 Å². The lowest BCUT2D eigenvalue weighted by Crippen LogP contribution is -2.41. The van der Waals surface area contributed by atoms with Crippen molar-refractivity contribution in [2.45, 2.75) is 25.9 Å². The van der Waals surface area contributed by atoms with Crippen LogP contribution in [-0.2, 0) is 13.1 Å². The molecule has 0 atom stereocenters.